The average Bonchev–Trinajstić information content (AvgIpc) is 2.94. The fraction of sp³-hybridized carbons (Fsp3) is 0.154. The largest absolute Gasteiger partial charge is 0.344 e. The highest BCUT2D eigenvalue weighted by molar-refractivity contribution is 5.96. The molecule has 0 N–H and O–H groups in total. The molecule has 1 nitrogen and oxygen atoms in total. The van der Waals surface area contributed by atoms with Crippen LogP contribution < -0.4 is 4.90 Å². The molecule has 132 valence electrons. The third-order valence-electron chi connectivity index (χ3n) is 6.08. The van der Waals surface area contributed by atoms with Crippen molar-refractivity contribution in [2.24, 2.45) is 0 Å². The minimum Gasteiger partial charge on any atom is -0.344 e. The minimum atomic E-state index is 0.0293. The number of hydrogen-bond acceptors (Lipinski definition) is 1. The zero-order valence-corrected chi connectivity index (χ0v) is 16.0. The van der Waals surface area contributed by atoms with Gasteiger partial charge >= 0.3 is 0 Å². The molecule has 0 fully saturated rings. The Morgan fingerprint density at radius 2 is 1.37 bits per heavy atom. The summed E-state index contributed by atoms with van der Waals surface area (Å²) in [5.41, 5.74) is 8.06. The van der Waals surface area contributed by atoms with E-state index in [0.29, 0.717) is 0 Å². The Bertz CT molecular complexity index is 1160. The Kier molecular flexibility index (Phi) is 3.42. The summed E-state index contributed by atoms with van der Waals surface area (Å²) in [6.45, 7) is 4.67. The highest BCUT2D eigenvalue weighted by Gasteiger charge is 2.35. The number of rotatable bonds is 2. The molecular formula is C26H23N. The van der Waals surface area contributed by atoms with E-state index in [0.717, 1.165) is 0 Å². The number of benzene rings is 4. The lowest BCUT2D eigenvalue weighted by Gasteiger charge is -2.25. The summed E-state index contributed by atoms with van der Waals surface area (Å²) >= 11 is 0. The van der Waals surface area contributed by atoms with Crippen molar-refractivity contribution in [3.63, 3.8) is 0 Å². The third kappa shape index (κ3) is 2.31. The van der Waals surface area contributed by atoms with Crippen LogP contribution in [0.15, 0.2) is 84.9 Å². The predicted octanol–water partition coefficient (Wildman–Crippen LogP) is 6.91. The van der Waals surface area contributed by atoms with Crippen molar-refractivity contribution >= 4 is 22.1 Å². The van der Waals surface area contributed by atoms with Crippen LogP contribution in [0.3, 0.4) is 0 Å². The van der Waals surface area contributed by atoms with Crippen LogP contribution in [0.2, 0.25) is 0 Å². The summed E-state index contributed by atoms with van der Waals surface area (Å²) < 4.78 is 0. The molecule has 0 saturated heterocycles. The van der Waals surface area contributed by atoms with Crippen LogP contribution in [0.5, 0.6) is 0 Å². The second-order valence-corrected chi connectivity index (χ2v) is 7.96. The first-order valence-corrected chi connectivity index (χ1v) is 9.53. The van der Waals surface area contributed by atoms with Gasteiger partial charge in [0.15, 0.2) is 0 Å². The Balaban J connectivity index is 1.65. The lowest BCUT2D eigenvalue weighted by Crippen LogP contribution is -2.16. The second-order valence-electron chi connectivity index (χ2n) is 7.96. The molecule has 0 heterocycles. The van der Waals surface area contributed by atoms with E-state index in [1.165, 1.54) is 44.4 Å². The minimum absolute atomic E-state index is 0.0293. The molecule has 5 rings (SSSR count). The molecule has 0 saturated carbocycles. The molecular weight excluding hydrogens is 326 g/mol. The Morgan fingerprint density at radius 3 is 2.26 bits per heavy atom. The summed E-state index contributed by atoms with van der Waals surface area (Å²) in [7, 11) is 2.17. The lowest BCUT2D eigenvalue weighted by atomic mass is 9.82. The zero-order chi connectivity index (χ0) is 18.6. The highest BCUT2D eigenvalue weighted by Crippen LogP contribution is 2.49. The van der Waals surface area contributed by atoms with E-state index >= 15 is 0 Å². The van der Waals surface area contributed by atoms with Crippen LogP contribution >= 0.6 is 0 Å². The summed E-state index contributed by atoms with van der Waals surface area (Å²) in [4.78, 5) is 2.31. The van der Waals surface area contributed by atoms with Crippen molar-refractivity contribution in [2.75, 3.05) is 11.9 Å². The van der Waals surface area contributed by atoms with Crippen molar-refractivity contribution in [2.45, 2.75) is 19.3 Å². The standard InChI is InChI=1S/C26H23N/c1-26(2)23-13-7-6-12-21(23)22-16-15-19(17-24(22)26)27(3)25-14-8-10-18-9-4-5-11-20(18)25/h4-17H,1-3H3. The SMILES string of the molecule is CN(c1ccc2c(c1)C(C)(C)c1ccccc1-2)c1cccc2ccccc12. The number of nitrogens with zero attached hydrogens (tertiary/aromatic N) is 1. The van der Waals surface area contributed by atoms with Gasteiger partial charge in [-0.05, 0) is 45.8 Å². The van der Waals surface area contributed by atoms with E-state index in [9.17, 15) is 0 Å². The van der Waals surface area contributed by atoms with Gasteiger partial charge in [-0.3, -0.25) is 0 Å². The van der Waals surface area contributed by atoms with Crippen molar-refractivity contribution in [1.82, 2.24) is 0 Å². The number of anilines is 2. The number of fused-ring (bicyclic) bond motifs is 4. The van der Waals surface area contributed by atoms with Crippen LogP contribution in [-0.2, 0) is 5.41 Å². The first kappa shape index (κ1) is 16.1. The fourth-order valence-corrected chi connectivity index (χ4v) is 4.54. The topological polar surface area (TPSA) is 3.24 Å². The van der Waals surface area contributed by atoms with Gasteiger partial charge in [-0.1, -0.05) is 80.6 Å². The molecule has 0 unspecified atom stereocenters. The van der Waals surface area contributed by atoms with Gasteiger partial charge in [0.25, 0.3) is 0 Å². The van der Waals surface area contributed by atoms with Crippen LogP contribution in [-0.4, -0.2) is 7.05 Å². The van der Waals surface area contributed by atoms with Gasteiger partial charge in [0, 0.05) is 29.2 Å². The molecule has 0 bridgehead atoms. The molecule has 0 amide bonds. The van der Waals surface area contributed by atoms with E-state index in [-0.39, 0.29) is 5.41 Å². The van der Waals surface area contributed by atoms with Gasteiger partial charge in [-0.25, -0.2) is 0 Å². The van der Waals surface area contributed by atoms with Gasteiger partial charge in [-0.15, -0.1) is 0 Å². The Hall–Kier alpha value is -3.06. The summed E-state index contributed by atoms with van der Waals surface area (Å²) in [5.74, 6) is 0. The Labute approximate surface area is 160 Å². The molecule has 4 aromatic rings. The van der Waals surface area contributed by atoms with Gasteiger partial charge in [0.05, 0.1) is 0 Å². The molecule has 0 atom stereocenters. The smallest absolute Gasteiger partial charge is 0.0487 e. The van der Waals surface area contributed by atoms with Crippen LogP contribution in [0.4, 0.5) is 11.4 Å². The Morgan fingerprint density at radius 1 is 0.667 bits per heavy atom. The molecule has 1 heteroatoms. The zero-order valence-electron chi connectivity index (χ0n) is 16.0. The summed E-state index contributed by atoms with van der Waals surface area (Å²) in [6.07, 6.45) is 0. The van der Waals surface area contributed by atoms with Gasteiger partial charge in [0.2, 0.25) is 0 Å². The first-order chi connectivity index (χ1) is 13.1. The third-order valence-corrected chi connectivity index (χ3v) is 6.08. The first-order valence-electron chi connectivity index (χ1n) is 9.53. The molecule has 1 aliphatic rings. The van der Waals surface area contributed by atoms with E-state index in [1.54, 1.807) is 0 Å². The van der Waals surface area contributed by atoms with Gasteiger partial charge < -0.3 is 4.90 Å². The second kappa shape index (κ2) is 5.72. The number of hydrogen-bond donors (Lipinski definition) is 0. The lowest BCUT2D eigenvalue weighted by molar-refractivity contribution is 0.660. The molecule has 0 spiro atoms. The normalized spacial score (nSPS) is 14.0. The van der Waals surface area contributed by atoms with E-state index in [4.69, 9.17) is 0 Å². The fourth-order valence-electron chi connectivity index (χ4n) is 4.54. The van der Waals surface area contributed by atoms with Crippen LogP contribution in [0.25, 0.3) is 21.9 Å². The quantitative estimate of drug-likeness (QED) is 0.380. The van der Waals surface area contributed by atoms with Crippen molar-refractivity contribution in [1.29, 1.82) is 0 Å². The molecule has 1 aliphatic carbocycles. The van der Waals surface area contributed by atoms with E-state index < -0.39 is 0 Å². The summed E-state index contributed by atoms with van der Waals surface area (Å²) in [6, 6.07) is 30.8. The van der Waals surface area contributed by atoms with E-state index in [2.05, 4.69) is 111 Å². The molecule has 0 radical (unpaired) electrons. The van der Waals surface area contributed by atoms with Gasteiger partial charge in [-0.2, -0.15) is 0 Å². The van der Waals surface area contributed by atoms with Crippen LogP contribution in [0, 0.1) is 0 Å². The van der Waals surface area contributed by atoms with Crippen molar-refractivity contribution < 1.29 is 0 Å². The summed E-state index contributed by atoms with van der Waals surface area (Å²) in [5, 5.41) is 2.56. The van der Waals surface area contributed by atoms with Crippen LogP contribution in [0.1, 0.15) is 25.0 Å². The maximum Gasteiger partial charge on any atom is 0.0487 e. The maximum absolute atomic E-state index is 2.37. The maximum atomic E-state index is 2.37. The van der Waals surface area contributed by atoms with Crippen molar-refractivity contribution in [3.8, 4) is 11.1 Å². The predicted molar refractivity (Wildman–Crippen MR) is 116 cm³/mol. The molecule has 4 aromatic carbocycles. The molecule has 0 aromatic heterocycles. The average molecular weight is 349 g/mol. The monoisotopic (exact) mass is 349 g/mol. The molecule has 27 heavy (non-hydrogen) atoms. The van der Waals surface area contributed by atoms with Gasteiger partial charge in [0.1, 0.15) is 0 Å². The van der Waals surface area contributed by atoms with E-state index in [1.807, 2.05) is 0 Å². The highest BCUT2D eigenvalue weighted by atomic mass is 15.1. The molecule has 0 aliphatic heterocycles. The van der Waals surface area contributed by atoms with Crippen molar-refractivity contribution in [3.05, 3.63) is 96.1 Å².